The van der Waals surface area contributed by atoms with Crippen LogP contribution in [-0.4, -0.2) is 42.9 Å². The topological polar surface area (TPSA) is 105 Å². The molecule has 0 aromatic heterocycles. The first kappa shape index (κ1) is 19.3. The summed E-state index contributed by atoms with van der Waals surface area (Å²) in [6.45, 7) is 2.21. The van der Waals surface area contributed by atoms with Gasteiger partial charge in [-0.3, -0.25) is 19.7 Å². The molecular weight excluding hydrogens is 360 g/mol. The highest BCUT2D eigenvalue weighted by Gasteiger charge is 2.23. The van der Waals surface area contributed by atoms with Crippen molar-refractivity contribution in [3.8, 4) is 0 Å². The minimum Gasteiger partial charge on any atom is -0.371 e. The molecule has 0 spiro atoms. The Morgan fingerprint density at radius 3 is 2.64 bits per heavy atom. The van der Waals surface area contributed by atoms with Crippen molar-refractivity contribution in [2.24, 2.45) is 5.92 Å². The molecule has 0 bridgehead atoms. The van der Waals surface area contributed by atoms with Gasteiger partial charge in [0.05, 0.1) is 11.5 Å². The molecule has 1 heterocycles. The summed E-state index contributed by atoms with van der Waals surface area (Å²) in [5.41, 5.74) is 1.16. The van der Waals surface area contributed by atoms with Crippen LogP contribution >= 0.6 is 0 Å². The number of nitro groups is 1. The van der Waals surface area contributed by atoms with E-state index in [-0.39, 0.29) is 23.7 Å². The Labute approximate surface area is 162 Å². The molecule has 2 aromatic carbocycles. The normalized spacial score (nSPS) is 15.9. The van der Waals surface area contributed by atoms with Gasteiger partial charge in [-0.2, -0.15) is 0 Å². The second-order valence-corrected chi connectivity index (χ2v) is 6.73. The lowest BCUT2D eigenvalue weighted by Gasteiger charge is -2.18. The van der Waals surface area contributed by atoms with Crippen LogP contribution in [0.4, 0.5) is 11.4 Å². The number of rotatable bonds is 7. The van der Waals surface area contributed by atoms with Crippen molar-refractivity contribution in [1.29, 1.82) is 0 Å². The van der Waals surface area contributed by atoms with E-state index < -0.39 is 10.8 Å². The maximum absolute atomic E-state index is 12.1. The molecule has 3 rings (SSSR count). The molecule has 2 aromatic rings. The smallest absolute Gasteiger partial charge is 0.270 e. The molecule has 28 heavy (non-hydrogen) atoms. The van der Waals surface area contributed by atoms with Gasteiger partial charge in [0.1, 0.15) is 0 Å². The molecule has 1 aliphatic heterocycles. The van der Waals surface area contributed by atoms with Gasteiger partial charge in [-0.25, -0.2) is 0 Å². The summed E-state index contributed by atoms with van der Waals surface area (Å²) >= 11 is 0. The Bertz CT molecular complexity index is 856. The molecule has 1 fully saturated rings. The number of hydrogen-bond acceptors (Lipinski definition) is 5. The average molecular weight is 382 g/mol. The van der Waals surface area contributed by atoms with E-state index in [9.17, 15) is 19.7 Å². The van der Waals surface area contributed by atoms with Gasteiger partial charge in [0.15, 0.2) is 0 Å². The van der Waals surface area contributed by atoms with Gasteiger partial charge in [-0.05, 0) is 30.5 Å². The third-order valence-electron chi connectivity index (χ3n) is 4.72. The fourth-order valence-corrected chi connectivity index (χ4v) is 3.22. The lowest BCUT2D eigenvalue weighted by molar-refractivity contribution is -0.384. The second-order valence-electron chi connectivity index (χ2n) is 6.73. The molecule has 2 amide bonds. The van der Waals surface area contributed by atoms with Gasteiger partial charge in [0.2, 0.25) is 5.91 Å². The van der Waals surface area contributed by atoms with E-state index in [1.807, 2.05) is 18.2 Å². The zero-order valence-electron chi connectivity index (χ0n) is 15.3. The number of carbonyl (C=O) groups is 2. The zero-order chi connectivity index (χ0) is 19.9. The van der Waals surface area contributed by atoms with Crippen LogP contribution in [-0.2, 0) is 4.79 Å². The van der Waals surface area contributed by atoms with Crippen molar-refractivity contribution in [2.45, 2.75) is 6.42 Å². The highest BCUT2D eigenvalue weighted by Crippen LogP contribution is 2.22. The maximum atomic E-state index is 12.1. The Kier molecular flexibility index (Phi) is 6.21. The summed E-state index contributed by atoms with van der Waals surface area (Å²) in [5.74, 6) is -0.441. The number of nitrogens with one attached hydrogen (secondary N) is 2. The molecule has 146 valence electrons. The molecule has 8 nitrogen and oxygen atoms in total. The fraction of sp³-hybridized carbons (Fsp3) is 0.300. The molecular formula is C20H22N4O4. The van der Waals surface area contributed by atoms with Gasteiger partial charge in [0.25, 0.3) is 11.6 Å². The first-order valence-electron chi connectivity index (χ1n) is 9.12. The average Bonchev–Trinajstić information content (AvgIpc) is 3.20. The Balaban J connectivity index is 1.41. The number of amides is 2. The number of para-hydroxylation sites is 1. The molecule has 1 aliphatic rings. The van der Waals surface area contributed by atoms with E-state index in [1.165, 1.54) is 30.0 Å². The Morgan fingerprint density at radius 1 is 1.11 bits per heavy atom. The molecule has 0 aliphatic carbocycles. The van der Waals surface area contributed by atoms with Gasteiger partial charge < -0.3 is 15.5 Å². The van der Waals surface area contributed by atoms with Gasteiger partial charge >= 0.3 is 0 Å². The first-order valence-corrected chi connectivity index (χ1v) is 9.12. The summed E-state index contributed by atoms with van der Waals surface area (Å²) in [6, 6.07) is 15.5. The highest BCUT2D eigenvalue weighted by molar-refractivity contribution is 5.96. The number of nitrogens with zero attached hydrogens (tertiary/aromatic N) is 2. The predicted octanol–water partition coefficient (Wildman–Crippen LogP) is 1.97. The van der Waals surface area contributed by atoms with E-state index in [1.54, 1.807) is 0 Å². The Morgan fingerprint density at radius 2 is 1.89 bits per heavy atom. The fourth-order valence-electron chi connectivity index (χ4n) is 3.22. The van der Waals surface area contributed by atoms with E-state index in [0.29, 0.717) is 12.5 Å². The van der Waals surface area contributed by atoms with Gasteiger partial charge in [-0.1, -0.05) is 24.3 Å². The number of benzene rings is 2. The summed E-state index contributed by atoms with van der Waals surface area (Å²) in [4.78, 5) is 36.6. The summed E-state index contributed by atoms with van der Waals surface area (Å²) < 4.78 is 0. The molecule has 1 saturated heterocycles. The van der Waals surface area contributed by atoms with Crippen molar-refractivity contribution in [2.75, 3.05) is 31.1 Å². The predicted molar refractivity (Wildman–Crippen MR) is 105 cm³/mol. The van der Waals surface area contributed by atoms with E-state index >= 15 is 0 Å². The molecule has 0 saturated carbocycles. The number of anilines is 1. The SMILES string of the molecule is O=C(CNC(=O)c1cccc([N+](=O)[O-])c1)NCC1CCN(c2ccccc2)C1. The quantitative estimate of drug-likeness (QED) is 0.563. The van der Waals surface area contributed by atoms with Crippen LogP contribution in [0, 0.1) is 16.0 Å². The zero-order valence-corrected chi connectivity index (χ0v) is 15.3. The van der Waals surface area contributed by atoms with Crippen molar-refractivity contribution in [3.63, 3.8) is 0 Å². The number of nitro benzene ring substituents is 1. The number of non-ortho nitro benzene ring substituents is 1. The minimum absolute atomic E-state index is 0.149. The van der Waals surface area contributed by atoms with Crippen LogP contribution in [0.2, 0.25) is 0 Å². The van der Waals surface area contributed by atoms with Crippen molar-refractivity contribution in [1.82, 2.24) is 10.6 Å². The molecule has 1 atom stereocenters. The van der Waals surface area contributed by atoms with Crippen LogP contribution in [0.5, 0.6) is 0 Å². The van der Waals surface area contributed by atoms with Crippen LogP contribution < -0.4 is 15.5 Å². The molecule has 2 N–H and O–H groups in total. The minimum atomic E-state index is -0.566. The first-order chi connectivity index (χ1) is 13.5. The third kappa shape index (κ3) is 5.06. The lowest BCUT2D eigenvalue weighted by atomic mass is 10.1. The molecule has 8 heteroatoms. The number of carbonyl (C=O) groups excluding carboxylic acids is 2. The summed E-state index contributed by atoms with van der Waals surface area (Å²) in [6.07, 6.45) is 0.995. The third-order valence-corrected chi connectivity index (χ3v) is 4.72. The summed E-state index contributed by atoms with van der Waals surface area (Å²) in [7, 11) is 0. The van der Waals surface area contributed by atoms with Crippen molar-refractivity contribution in [3.05, 3.63) is 70.3 Å². The lowest BCUT2D eigenvalue weighted by Crippen LogP contribution is -2.39. The second kappa shape index (κ2) is 8.98. The van der Waals surface area contributed by atoms with E-state index in [2.05, 4.69) is 27.7 Å². The van der Waals surface area contributed by atoms with Gasteiger partial charge in [0, 0.05) is 43.0 Å². The number of hydrogen-bond donors (Lipinski definition) is 2. The van der Waals surface area contributed by atoms with Crippen molar-refractivity contribution >= 4 is 23.2 Å². The van der Waals surface area contributed by atoms with Crippen LogP contribution in [0.1, 0.15) is 16.8 Å². The van der Waals surface area contributed by atoms with Crippen LogP contribution in [0.25, 0.3) is 0 Å². The molecule has 0 radical (unpaired) electrons. The largest absolute Gasteiger partial charge is 0.371 e. The summed E-state index contributed by atoms with van der Waals surface area (Å²) in [5, 5.41) is 16.1. The highest BCUT2D eigenvalue weighted by atomic mass is 16.6. The van der Waals surface area contributed by atoms with Crippen molar-refractivity contribution < 1.29 is 14.5 Å². The molecule has 1 unspecified atom stereocenters. The van der Waals surface area contributed by atoms with E-state index in [0.717, 1.165) is 19.5 Å². The van der Waals surface area contributed by atoms with Gasteiger partial charge in [-0.15, -0.1) is 0 Å². The monoisotopic (exact) mass is 382 g/mol. The maximum Gasteiger partial charge on any atom is 0.270 e. The van der Waals surface area contributed by atoms with E-state index in [4.69, 9.17) is 0 Å². The Hall–Kier alpha value is -3.42. The standard InChI is InChI=1S/C20H22N4O4/c25-19(13-22-20(26)16-5-4-8-18(11-16)24(27)28)21-12-15-9-10-23(14-15)17-6-2-1-3-7-17/h1-8,11,15H,9-10,12-14H2,(H,21,25)(H,22,26). The van der Waals surface area contributed by atoms with Crippen LogP contribution in [0.3, 0.4) is 0 Å². The van der Waals surface area contributed by atoms with Crippen LogP contribution in [0.15, 0.2) is 54.6 Å².